The minimum absolute atomic E-state index is 0.108. The lowest BCUT2D eigenvalue weighted by atomic mass is 9.89. The van der Waals surface area contributed by atoms with Crippen molar-refractivity contribution in [2.45, 2.75) is 24.9 Å². The third-order valence-corrected chi connectivity index (χ3v) is 5.22. The molecule has 6 heteroatoms. The summed E-state index contributed by atoms with van der Waals surface area (Å²) in [6.45, 7) is 1.28. The predicted molar refractivity (Wildman–Crippen MR) is 105 cm³/mol. The van der Waals surface area contributed by atoms with Gasteiger partial charge in [-0.3, -0.25) is 14.6 Å². The summed E-state index contributed by atoms with van der Waals surface area (Å²) < 4.78 is 5.58. The molecule has 0 N–H and O–H groups in total. The SMILES string of the molecule is O=C1c2ccccc2[C@@H](C=NC[C@@H]2CCCO2)C(=O)N1c1ccccc1Cl. The molecule has 0 spiro atoms. The zero-order chi connectivity index (χ0) is 18.8. The van der Waals surface area contributed by atoms with Gasteiger partial charge >= 0.3 is 0 Å². The topological polar surface area (TPSA) is 59.0 Å². The Kier molecular flexibility index (Phi) is 5.05. The Labute approximate surface area is 162 Å². The Balaban J connectivity index is 1.70. The van der Waals surface area contributed by atoms with Gasteiger partial charge < -0.3 is 4.74 Å². The fourth-order valence-corrected chi connectivity index (χ4v) is 3.75. The lowest BCUT2D eigenvalue weighted by molar-refractivity contribution is -0.118. The van der Waals surface area contributed by atoms with Crippen LogP contribution < -0.4 is 4.90 Å². The van der Waals surface area contributed by atoms with Crippen molar-refractivity contribution in [1.82, 2.24) is 0 Å². The molecule has 2 aliphatic rings. The van der Waals surface area contributed by atoms with E-state index in [1.807, 2.05) is 6.07 Å². The van der Waals surface area contributed by atoms with Crippen LogP contribution in [0.3, 0.4) is 0 Å². The van der Waals surface area contributed by atoms with Gasteiger partial charge in [-0.1, -0.05) is 41.9 Å². The minimum atomic E-state index is -0.628. The van der Waals surface area contributed by atoms with E-state index in [2.05, 4.69) is 4.99 Å². The van der Waals surface area contributed by atoms with E-state index in [0.717, 1.165) is 24.3 Å². The lowest BCUT2D eigenvalue weighted by Crippen LogP contribution is -2.45. The van der Waals surface area contributed by atoms with Crippen LogP contribution in [-0.2, 0) is 9.53 Å². The third-order valence-electron chi connectivity index (χ3n) is 4.90. The summed E-state index contributed by atoms with van der Waals surface area (Å²) in [7, 11) is 0. The van der Waals surface area contributed by atoms with Gasteiger partial charge in [0.05, 0.1) is 29.3 Å². The summed E-state index contributed by atoms with van der Waals surface area (Å²) in [4.78, 5) is 31.8. The van der Waals surface area contributed by atoms with Crippen LogP contribution in [0.1, 0.15) is 34.7 Å². The molecule has 0 radical (unpaired) electrons. The Morgan fingerprint density at radius 1 is 1.15 bits per heavy atom. The lowest BCUT2D eigenvalue weighted by Gasteiger charge is -2.31. The van der Waals surface area contributed by atoms with Gasteiger partial charge in [-0.15, -0.1) is 0 Å². The highest BCUT2D eigenvalue weighted by atomic mass is 35.5. The quantitative estimate of drug-likeness (QED) is 0.596. The monoisotopic (exact) mass is 382 g/mol. The van der Waals surface area contributed by atoms with Crippen LogP contribution in [0.25, 0.3) is 0 Å². The number of benzene rings is 2. The minimum Gasteiger partial charge on any atom is -0.376 e. The number of para-hydroxylation sites is 1. The Bertz CT molecular complexity index is 906. The summed E-state index contributed by atoms with van der Waals surface area (Å²) >= 11 is 6.26. The number of hydrogen-bond donors (Lipinski definition) is 0. The van der Waals surface area contributed by atoms with Gasteiger partial charge in [0, 0.05) is 18.4 Å². The summed E-state index contributed by atoms with van der Waals surface area (Å²) in [5, 5.41) is 0.355. The van der Waals surface area contributed by atoms with Crippen LogP contribution >= 0.6 is 11.6 Å². The highest BCUT2D eigenvalue weighted by Gasteiger charge is 2.39. The maximum Gasteiger partial charge on any atom is 0.265 e. The van der Waals surface area contributed by atoms with Crippen molar-refractivity contribution in [3.63, 3.8) is 0 Å². The molecule has 1 saturated heterocycles. The highest BCUT2D eigenvalue weighted by Crippen LogP contribution is 2.35. The molecular formula is C21H19ClN2O3. The second kappa shape index (κ2) is 7.62. The molecule has 0 aromatic heterocycles. The number of carbonyl (C=O) groups excluding carboxylic acids is 2. The second-order valence-electron chi connectivity index (χ2n) is 6.64. The largest absolute Gasteiger partial charge is 0.376 e. The molecule has 1 fully saturated rings. The summed E-state index contributed by atoms with van der Waals surface area (Å²) in [5.41, 5.74) is 1.55. The van der Waals surface area contributed by atoms with Crippen LogP contribution in [0.5, 0.6) is 0 Å². The highest BCUT2D eigenvalue weighted by molar-refractivity contribution is 6.37. The van der Waals surface area contributed by atoms with E-state index in [9.17, 15) is 9.59 Å². The standard InChI is InChI=1S/C21H19ClN2O3/c22-18-9-3-4-10-19(18)24-20(25)16-8-2-1-7-15(16)17(21(24)26)13-23-12-14-6-5-11-27-14/h1-4,7-10,13-14,17H,5-6,11-12H2/t14-,17+/m0/s1. The zero-order valence-corrected chi connectivity index (χ0v) is 15.4. The number of carbonyl (C=O) groups is 2. The van der Waals surface area contributed by atoms with Crippen molar-refractivity contribution in [2.75, 3.05) is 18.1 Å². The number of halogens is 1. The molecule has 2 heterocycles. The van der Waals surface area contributed by atoms with Gasteiger partial charge in [0.1, 0.15) is 0 Å². The summed E-state index contributed by atoms with van der Waals surface area (Å²) in [5.74, 6) is -1.34. The van der Waals surface area contributed by atoms with Crippen molar-refractivity contribution in [3.8, 4) is 0 Å². The third kappa shape index (κ3) is 3.40. The van der Waals surface area contributed by atoms with Crippen molar-refractivity contribution >= 4 is 35.3 Å². The fraction of sp³-hybridized carbons (Fsp3) is 0.286. The number of rotatable bonds is 4. The molecule has 0 saturated carbocycles. The molecular weight excluding hydrogens is 364 g/mol. The smallest absolute Gasteiger partial charge is 0.265 e. The number of ether oxygens (including phenoxy) is 1. The average molecular weight is 383 g/mol. The molecule has 2 atom stereocenters. The molecule has 0 aliphatic carbocycles. The van der Waals surface area contributed by atoms with Crippen LogP contribution in [0.15, 0.2) is 53.5 Å². The van der Waals surface area contributed by atoms with Crippen molar-refractivity contribution in [3.05, 3.63) is 64.7 Å². The second-order valence-corrected chi connectivity index (χ2v) is 7.05. The van der Waals surface area contributed by atoms with E-state index in [0.29, 0.717) is 28.4 Å². The Hall–Kier alpha value is -2.50. The summed E-state index contributed by atoms with van der Waals surface area (Å²) in [6.07, 6.45) is 3.77. The molecule has 2 aliphatic heterocycles. The Morgan fingerprint density at radius 3 is 2.70 bits per heavy atom. The maximum absolute atomic E-state index is 13.2. The van der Waals surface area contributed by atoms with Crippen molar-refractivity contribution in [2.24, 2.45) is 4.99 Å². The van der Waals surface area contributed by atoms with Gasteiger partial charge in [-0.25, -0.2) is 4.90 Å². The number of fused-ring (bicyclic) bond motifs is 1. The van der Waals surface area contributed by atoms with Gasteiger partial charge in [0.2, 0.25) is 5.91 Å². The molecule has 5 nitrogen and oxygen atoms in total. The molecule has 0 bridgehead atoms. The molecule has 2 amide bonds. The van der Waals surface area contributed by atoms with E-state index in [-0.39, 0.29) is 17.9 Å². The van der Waals surface area contributed by atoms with Gasteiger partial charge in [0.25, 0.3) is 5.91 Å². The molecule has 27 heavy (non-hydrogen) atoms. The van der Waals surface area contributed by atoms with Gasteiger partial charge in [-0.05, 0) is 36.6 Å². The number of amides is 2. The molecule has 2 aromatic rings. The number of aliphatic imine (C=N–C) groups is 1. The fourth-order valence-electron chi connectivity index (χ4n) is 3.53. The number of nitrogens with zero attached hydrogens (tertiary/aromatic N) is 2. The predicted octanol–water partition coefficient (Wildman–Crippen LogP) is 3.86. The van der Waals surface area contributed by atoms with Crippen molar-refractivity contribution in [1.29, 1.82) is 0 Å². The first-order chi connectivity index (χ1) is 13.2. The summed E-state index contributed by atoms with van der Waals surface area (Å²) in [6, 6.07) is 14.0. The normalized spacial score (nSPS) is 22.5. The van der Waals surface area contributed by atoms with Crippen LogP contribution in [0.2, 0.25) is 5.02 Å². The first-order valence-electron chi connectivity index (χ1n) is 9.00. The molecule has 4 rings (SSSR count). The van der Waals surface area contributed by atoms with E-state index in [1.54, 1.807) is 48.7 Å². The van der Waals surface area contributed by atoms with Crippen LogP contribution in [-0.4, -0.2) is 37.3 Å². The van der Waals surface area contributed by atoms with E-state index >= 15 is 0 Å². The average Bonchev–Trinajstić information content (AvgIpc) is 3.19. The van der Waals surface area contributed by atoms with E-state index in [4.69, 9.17) is 16.3 Å². The van der Waals surface area contributed by atoms with Crippen molar-refractivity contribution < 1.29 is 14.3 Å². The van der Waals surface area contributed by atoms with Gasteiger partial charge in [-0.2, -0.15) is 0 Å². The zero-order valence-electron chi connectivity index (χ0n) is 14.7. The molecule has 0 unspecified atom stereocenters. The Morgan fingerprint density at radius 2 is 1.93 bits per heavy atom. The maximum atomic E-state index is 13.2. The van der Waals surface area contributed by atoms with Crippen LogP contribution in [0, 0.1) is 0 Å². The number of hydrogen-bond acceptors (Lipinski definition) is 4. The van der Waals surface area contributed by atoms with Crippen LogP contribution in [0.4, 0.5) is 5.69 Å². The van der Waals surface area contributed by atoms with Gasteiger partial charge in [0.15, 0.2) is 0 Å². The molecule has 2 aromatic carbocycles. The first-order valence-corrected chi connectivity index (χ1v) is 9.38. The van der Waals surface area contributed by atoms with E-state index in [1.165, 1.54) is 0 Å². The number of imide groups is 1. The first kappa shape index (κ1) is 17.9. The number of anilines is 1. The van der Waals surface area contributed by atoms with E-state index < -0.39 is 5.92 Å². The molecule has 138 valence electrons.